The second kappa shape index (κ2) is 5.53. The van der Waals surface area contributed by atoms with E-state index in [0.29, 0.717) is 6.42 Å². The fraction of sp³-hybridized carbons (Fsp3) is 0.357. The molecule has 0 spiro atoms. The molecule has 2 rings (SSSR count). The number of hydrogen-bond acceptors (Lipinski definition) is 2. The molecule has 0 atom stereocenters. The standard InChI is InChI=1S/C14H17NO2/c1-17-13(16)8-3-2-5-11-6-4-7-12-9-10-15-14(11)12/h4,6-7,9-10,15H,2-3,5,8H2,1H3. The minimum absolute atomic E-state index is 0.122. The fourth-order valence-corrected chi connectivity index (χ4v) is 2.04. The van der Waals surface area contributed by atoms with Crippen LogP contribution in [-0.2, 0) is 16.0 Å². The molecule has 0 unspecified atom stereocenters. The van der Waals surface area contributed by atoms with Crippen molar-refractivity contribution in [3.05, 3.63) is 36.0 Å². The number of esters is 1. The van der Waals surface area contributed by atoms with E-state index < -0.39 is 0 Å². The number of aromatic nitrogens is 1. The van der Waals surface area contributed by atoms with Crippen LogP contribution in [0.25, 0.3) is 10.9 Å². The van der Waals surface area contributed by atoms with E-state index in [-0.39, 0.29) is 5.97 Å². The third-order valence-electron chi connectivity index (χ3n) is 2.98. The highest BCUT2D eigenvalue weighted by molar-refractivity contribution is 5.82. The first-order valence-electron chi connectivity index (χ1n) is 5.93. The summed E-state index contributed by atoms with van der Waals surface area (Å²) in [5.41, 5.74) is 2.53. The Morgan fingerprint density at radius 2 is 2.18 bits per heavy atom. The topological polar surface area (TPSA) is 42.1 Å². The van der Waals surface area contributed by atoms with Gasteiger partial charge < -0.3 is 9.72 Å². The van der Waals surface area contributed by atoms with Gasteiger partial charge in [0.05, 0.1) is 7.11 Å². The second-order valence-corrected chi connectivity index (χ2v) is 4.14. The Kier molecular flexibility index (Phi) is 3.81. The number of hydrogen-bond donors (Lipinski definition) is 1. The highest BCUT2D eigenvalue weighted by Crippen LogP contribution is 2.18. The molecule has 0 saturated carbocycles. The van der Waals surface area contributed by atoms with Crippen LogP contribution in [0, 0.1) is 0 Å². The number of carbonyl (C=O) groups is 1. The Balaban J connectivity index is 1.91. The van der Waals surface area contributed by atoms with Crippen molar-refractivity contribution < 1.29 is 9.53 Å². The third kappa shape index (κ3) is 2.87. The summed E-state index contributed by atoms with van der Waals surface area (Å²) in [5.74, 6) is -0.122. The molecule has 2 aromatic rings. The van der Waals surface area contributed by atoms with E-state index in [2.05, 4.69) is 34.0 Å². The van der Waals surface area contributed by atoms with Gasteiger partial charge >= 0.3 is 5.97 Å². The van der Waals surface area contributed by atoms with Crippen molar-refractivity contribution in [2.45, 2.75) is 25.7 Å². The lowest BCUT2D eigenvalue weighted by Gasteiger charge is -2.03. The molecule has 1 heterocycles. The summed E-state index contributed by atoms with van der Waals surface area (Å²) in [7, 11) is 1.43. The molecule has 0 fully saturated rings. The molecule has 0 aliphatic rings. The van der Waals surface area contributed by atoms with Gasteiger partial charge in [-0.3, -0.25) is 4.79 Å². The van der Waals surface area contributed by atoms with Crippen LogP contribution in [0.4, 0.5) is 0 Å². The number of nitrogens with one attached hydrogen (secondary N) is 1. The zero-order chi connectivity index (χ0) is 12.1. The van der Waals surface area contributed by atoms with Gasteiger partial charge in [-0.1, -0.05) is 18.2 Å². The van der Waals surface area contributed by atoms with Crippen molar-refractivity contribution in [3.8, 4) is 0 Å². The van der Waals surface area contributed by atoms with Crippen LogP contribution in [0.15, 0.2) is 30.5 Å². The molecule has 0 radical (unpaired) electrons. The minimum atomic E-state index is -0.122. The van der Waals surface area contributed by atoms with Gasteiger partial charge in [0.2, 0.25) is 0 Å². The van der Waals surface area contributed by atoms with Gasteiger partial charge in [0.1, 0.15) is 0 Å². The molecule has 17 heavy (non-hydrogen) atoms. The van der Waals surface area contributed by atoms with Gasteiger partial charge in [0.25, 0.3) is 0 Å². The van der Waals surface area contributed by atoms with Gasteiger partial charge in [-0.2, -0.15) is 0 Å². The fourth-order valence-electron chi connectivity index (χ4n) is 2.04. The van der Waals surface area contributed by atoms with Crippen LogP contribution >= 0.6 is 0 Å². The van der Waals surface area contributed by atoms with Gasteiger partial charge in [-0.25, -0.2) is 0 Å². The monoisotopic (exact) mass is 231 g/mol. The normalized spacial score (nSPS) is 10.6. The number of carbonyl (C=O) groups excluding carboxylic acids is 1. The van der Waals surface area contributed by atoms with Crippen LogP contribution < -0.4 is 0 Å². The first-order chi connectivity index (χ1) is 8.31. The maximum Gasteiger partial charge on any atom is 0.305 e. The predicted molar refractivity (Wildman–Crippen MR) is 67.9 cm³/mol. The highest BCUT2D eigenvalue weighted by atomic mass is 16.5. The number of H-pyrrole nitrogens is 1. The van der Waals surface area contributed by atoms with Crippen LogP contribution in [0.3, 0.4) is 0 Å². The summed E-state index contributed by atoms with van der Waals surface area (Å²) in [6.07, 6.45) is 5.35. The summed E-state index contributed by atoms with van der Waals surface area (Å²) in [5, 5.41) is 1.25. The molecule has 1 aromatic carbocycles. The minimum Gasteiger partial charge on any atom is -0.469 e. The summed E-state index contributed by atoms with van der Waals surface area (Å²) in [6.45, 7) is 0. The molecule has 3 nitrogen and oxygen atoms in total. The Morgan fingerprint density at radius 3 is 3.00 bits per heavy atom. The van der Waals surface area contributed by atoms with E-state index in [1.807, 2.05) is 6.20 Å². The predicted octanol–water partition coefficient (Wildman–Crippen LogP) is 3.05. The van der Waals surface area contributed by atoms with Crippen molar-refractivity contribution in [2.75, 3.05) is 7.11 Å². The molecule has 0 aliphatic carbocycles. The number of methoxy groups -OCH3 is 1. The van der Waals surface area contributed by atoms with Crippen molar-refractivity contribution >= 4 is 16.9 Å². The summed E-state index contributed by atoms with van der Waals surface area (Å²) in [6, 6.07) is 8.39. The number of unbranched alkanes of at least 4 members (excludes halogenated alkanes) is 1. The van der Waals surface area contributed by atoms with E-state index >= 15 is 0 Å². The average molecular weight is 231 g/mol. The van der Waals surface area contributed by atoms with E-state index in [4.69, 9.17) is 0 Å². The third-order valence-corrected chi connectivity index (χ3v) is 2.98. The molecule has 0 amide bonds. The van der Waals surface area contributed by atoms with Gasteiger partial charge in [-0.05, 0) is 36.3 Å². The number of ether oxygens (including phenoxy) is 1. The van der Waals surface area contributed by atoms with Gasteiger partial charge in [0, 0.05) is 18.1 Å². The van der Waals surface area contributed by atoms with Crippen LogP contribution in [0.2, 0.25) is 0 Å². The molecule has 1 N–H and O–H groups in total. The van der Waals surface area contributed by atoms with Crippen molar-refractivity contribution in [1.29, 1.82) is 0 Å². The lowest BCUT2D eigenvalue weighted by atomic mass is 10.0. The summed E-state index contributed by atoms with van der Waals surface area (Å²) < 4.78 is 4.62. The zero-order valence-corrected chi connectivity index (χ0v) is 10.0. The van der Waals surface area contributed by atoms with Crippen molar-refractivity contribution in [1.82, 2.24) is 4.98 Å². The molecule has 90 valence electrons. The average Bonchev–Trinajstić information content (AvgIpc) is 2.83. The SMILES string of the molecule is COC(=O)CCCCc1cccc2cc[nH]c12. The maximum atomic E-state index is 11.0. The molecule has 0 saturated heterocycles. The zero-order valence-electron chi connectivity index (χ0n) is 10.0. The first-order valence-corrected chi connectivity index (χ1v) is 5.93. The number of aryl methyl sites for hydroxylation is 1. The lowest BCUT2D eigenvalue weighted by Crippen LogP contribution is -1.99. The Morgan fingerprint density at radius 1 is 1.29 bits per heavy atom. The number of aromatic amines is 1. The second-order valence-electron chi connectivity index (χ2n) is 4.14. The number of para-hydroxylation sites is 1. The quantitative estimate of drug-likeness (QED) is 0.634. The Labute approximate surface area is 101 Å². The molecule has 3 heteroatoms. The van der Waals surface area contributed by atoms with E-state index in [9.17, 15) is 4.79 Å². The first kappa shape index (κ1) is 11.7. The number of fused-ring (bicyclic) bond motifs is 1. The molecule has 0 aliphatic heterocycles. The van der Waals surface area contributed by atoms with E-state index in [1.54, 1.807) is 0 Å². The Hall–Kier alpha value is -1.77. The highest BCUT2D eigenvalue weighted by Gasteiger charge is 2.03. The van der Waals surface area contributed by atoms with Gasteiger partial charge in [0.15, 0.2) is 0 Å². The van der Waals surface area contributed by atoms with Crippen LogP contribution in [0.1, 0.15) is 24.8 Å². The van der Waals surface area contributed by atoms with Crippen LogP contribution in [-0.4, -0.2) is 18.1 Å². The lowest BCUT2D eigenvalue weighted by molar-refractivity contribution is -0.140. The molecule has 0 bridgehead atoms. The van der Waals surface area contributed by atoms with Crippen LogP contribution in [0.5, 0.6) is 0 Å². The van der Waals surface area contributed by atoms with Crippen molar-refractivity contribution in [3.63, 3.8) is 0 Å². The molecule has 1 aromatic heterocycles. The maximum absolute atomic E-state index is 11.0. The van der Waals surface area contributed by atoms with E-state index in [1.165, 1.54) is 23.6 Å². The molecular formula is C14H17NO2. The summed E-state index contributed by atoms with van der Waals surface area (Å²) >= 11 is 0. The van der Waals surface area contributed by atoms with E-state index in [0.717, 1.165) is 19.3 Å². The largest absolute Gasteiger partial charge is 0.469 e. The van der Waals surface area contributed by atoms with Gasteiger partial charge in [-0.15, -0.1) is 0 Å². The smallest absolute Gasteiger partial charge is 0.305 e. The summed E-state index contributed by atoms with van der Waals surface area (Å²) in [4.78, 5) is 14.2. The number of rotatable bonds is 5. The van der Waals surface area contributed by atoms with Crippen molar-refractivity contribution in [2.24, 2.45) is 0 Å². The number of benzene rings is 1. The molecular weight excluding hydrogens is 214 g/mol. The Bertz CT molecular complexity index is 502.